The summed E-state index contributed by atoms with van der Waals surface area (Å²) in [6, 6.07) is 1.84. The Morgan fingerprint density at radius 2 is 2.00 bits per heavy atom. The zero-order valence-corrected chi connectivity index (χ0v) is 9.15. The molecule has 0 bridgehead atoms. The quantitative estimate of drug-likeness (QED) is 0.849. The topological polar surface area (TPSA) is 46.2 Å². The molecule has 0 aliphatic heterocycles. The van der Waals surface area contributed by atoms with Crippen LogP contribution < -0.4 is 5.73 Å². The summed E-state index contributed by atoms with van der Waals surface area (Å²) in [7, 11) is 0. The number of hydrogen-bond acceptors (Lipinski definition) is 2. The Hall–Kier alpha value is -0.870. The van der Waals surface area contributed by atoms with Gasteiger partial charge in [0, 0.05) is 11.6 Å². The summed E-state index contributed by atoms with van der Waals surface area (Å²) in [5, 5.41) is 9.28. The van der Waals surface area contributed by atoms with Crippen molar-refractivity contribution in [2.45, 2.75) is 25.8 Å². The Morgan fingerprint density at radius 3 is 2.53 bits per heavy atom. The van der Waals surface area contributed by atoms with Gasteiger partial charge in [-0.3, -0.25) is 0 Å². The van der Waals surface area contributed by atoms with Crippen LogP contribution in [0.25, 0.3) is 0 Å². The molecule has 1 atom stereocenters. The van der Waals surface area contributed by atoms with Gasteiger partial charge < -0.3 is 10.8 Å². The zero-order chi connectivity index (χ0) is 10.7. The van der Waals surface area contributed by atoms with Crippen LogP contribution in [0, 0.1) is 11.6 Å². The monoisotopic (exact) mass is 237 g/mol. The van der Waals surface area contributed by atoms with Crippen LogP contribution in [0.1, 0.15) is 31.4 Å². The predicted octanol–water partition coefficient (Wildman–Crippen LogP) is 2.89. The van der Waals surface area contributed by atoms with Crippen LogP contribution >= 0.6 is 12.4 Å². The number of aromatic hydroxyl groups is 1. The van der Waals surface area contributed by atoms with Gasteiger partial charge in [-0.2, -0.15) is 4.39 Å². The first-order valence-corrected chi connectivity index (χ1v) is 4.50. The van der Waals surface area contributed by atoms with Gasteiger partial charge in [0.1, 0.15) is 0 Å². The van der Waals surface area contributed by atoms with Gasteiger partial charge >= 0.3 is 0 Å². The lowest BCUT2D eigenvalue weighted by atomic mass is 10.0. The Kier molecular flexibility index (Phi) is 5.54. The van der Waals surface area contributed by atoms with E-state index in [-0.39, 0.29) is 18.0 Å². The molecular weight excluding hydrogens is 224 g/mol. The molecule has 0 saturated heterocycles. The molecule has 0 heterocycles. The van der Waals surface area contributed by atoms with E-state index in [1.54, 1.807) is 0 Å². The van der Waals surface area contributed by atoms with Crippen molar-refractivity contribution >= 4 is 12.4 Å². The Labute approximate surface area is 93.5 Å². The lowest BCUT2D eigenvalue weighted by molar-refractivity contribution is 0.395. The first-order valence-electron chi connectivity index (χ1n) is 4.50. The fourth-order valence-electron chi connectivity index (χ4n) is 1.32. The molecule has 0 unspecified atom stereocenters. The van der Waals surface area contributed by atoms with Crippen LogP contribution in [0.5, 0.6) is 5.75 Å². The Bertz CT molecular complexity index is 333. The molecule has 1 rings (SSSR count). The van der Waals surface area contributed by atoms with Crippen LogP contribution in [-0.4, -0.2) is 5.11 Å². The summed E-state index contributed by atoms with van der Waals surface area (Å²) >= 11 is 0. The van der Waals surface area contributed by atoms with Crippen molar-refractivity contribution in [2.75, 3.05) is 0 Å². The molecule has 0 aliphatic rings. The number of phenolic OH excluding ortho intramolecular Hbond substituents is 1. The van der Waals surface area contributed by atoms with Gasteiger partial charge in [0.25, 0.3) is 0 Å². The summed E-state index contributed by atoms with van der Waals surface area (Å²) in [4.78, 5) is 0. The second-order valence-corrected chi connectivity index (χ2v) is 3.19. The molecule has 5 heteroatoms. The maximum atomic E-state index is 12.9. The van der Waals surface area contributed by atoms with Crippen molar-refractivity contribution in [3.63, 3.8) is 0 Å². The van der Waals surface area contributed by atoms with Crippen molar-refractivity contribution in [3.05, 3.63) is 29.3 Å². The second-order valence-electron chi connectivity index (χ2n) is 3.19. The number of halogens is 3. The molecular formula is C10H14ClF2NO. The van der Waals surface area contributed by atoms with Gasteiger partial charge in [-0.25, -0.2) is 4.39 Å². The summed E-state index contributed by atoms with van der Waals surface area (Å²) in [5.41, 5.74) is 5.93. The first kappa shape index (κ1) is 14.1. The minimum absolute atomic E-state index is 0. The second kappa shape index (κ2) is 5.88. The predicted molar refractivity (Wildman–Crippen MR) is 57.1 cm³/mol. The average Bonchev–Trinajstić information content (AvgIpc) is 2.15. The molecule has 0 saturated carbocycles. The van der Waals surface area contributed by atoms with Gasteiger partial charge in [-0.1, -0.05) is 19.4 Å². The van der Waals surface area contributed by atoms with E-state index < -0.39 is 23.4 Å². The summed E-state index contributed by atoms with van der Waals surface area (Å²) in [5.74, 6) is -2.96. The zero-order valence-electron chi connectivity index (χ0n) is 8.34. The fourth-order valence-corrected chi connectivity index (χ4v) is 1.32. The molecule has 0 radical (unpaired) electrons. The number of phenols is 1. The van der Waals surface area contributed by atoms with Crippen molar-refractivity contribution in [1.29, 1.82) is 0 Å². The molecule has 86 valence electrons. The van der Waals surface area contributed by atoms with Gasteiger partial charge in [0.15, 0.2) is 11.6 Å². The van der Waals surface area contributed by atoms with E-state index in [9.17, 15) is 13.9 Å². The van der Waals surface area contributed by atoms with Crippen LogP contribution in [-0.2, 0) is 0 Å². The Balaban J connectivity index is 0.00000196. The molecule has 1 aromatic carbocycles. The number of benzene rings is 1. The van der Waals surface area contributed by atoms with E-state index >= 15 is 0 Å². The van der Waals surface area contributed by atoms with E-state index in [1.807, 2.05) is 6.92 Å². The molecule has 0 amide bonds. The Morgan fingerprint density at radius 1 is 1.40 bits per heavy atom. The summed E-state index contributed by atoms with van der Waals surface area (Å²) < 4.78 is 25.5. The van der Waals surface area contributed by atoms with E-state index in [1.165, 1.54) is 6.07 Å². The van der Waals surface area contributed by atoms with Crippen LogP contribution in [0.2, 0.25) is 0 Å². The van der Waals surface area contributed by atoms with Gasteiger partial charge in [-0.15, -0.1) is 12.4 Å². The lowest BCUT2D eigenvalue weighted by Gasteiger charge is -2.12. The molecule has 15 heavy (non-hydrogen) atoms. The van der Waals surface area contributed by atoms with E-state index in [0.717, 1.165) is 12.5 Å². The maximum absolute atomic E-state index is 12.9. The van der Waals surface area contributed by atoms with E-state index in [0.29, 0.717) is 6.42 Å². The number of rotatable bonds is 3. The third kappa shape index (κ3) is 3.04. The molecule has 0 aliphatic carbocycles. The smallest absolute Gasteiger partial charge is 0.200 e. The fraction of sp³-hybridized carbons (Fsp3) is 0.400. The van der Waals surface area contributed by atoms with E-state index in [4.69, 9.17) is 5.73 Å². The minimum Gasteiger partial charge on any atom is -0.505 e. The van der Waals surface area contributed by atoms with Gasteiger partial charge in [0.05, 0.1) is 0 Å². The van der Waals surface area contributed by atoms with Crippen LogP contribution in [0.3, 0.4) is 0 Å². The first-order chi connectivity index (χ1) is 6.57. The standard InChI is InChI=1S/C10H13F2NO.ClH/c1-2-3-8(13)6-4-5-7(11)9(12)10(6)14;/h4-5,8,14H,2-3,13H2,1H3;1H/t8-;/m0./s1. The van der Waals surface area contributed by atoms with E-state index in [2.05, 4.69) is 0 Å². The van der Waals surface area contributed by atoms with Crippen LogP contribution in [0.15, 0.2) is 12.1 Å². The third-order valence-electron chi connectivity index (χ3n) is 2.10. The highest BCUT2D eigenvalue weighted by molar-refractivity contribution is 5.85. The maximum Gasteiger partial charge on any atom is 0.200 e. The highest BCUT2D eigenvalue weighted by Crippen LogP contribution is 2.29. The number of nitrogens with two attached hydrogens (primary N) is 1. The molecule has 1 aromatic rings. The summed E-state index contributed by atoms with van der Waals surface area (Å²) in [6.45, 7) is 1.93. The molecule has 0 fully saturated rings. The van der Waals surface area contributed by atoms with Crippen LogP contribution in [0.4, 0.5) is 8.78 Å². The minimum atomic E-state index is -1.23. The normalized spacial score (nSPS) is 12.0. The average molecular weight is 238 g/mol. The van der Waals surface area contributed by atoms with Crippen molar-refractivity contribution in [2.24, 2.45) is 5.73 Å². The highest BCUT2D eigenvalue weighted by Gasteiger charge is 2.16. The molecule has 2 nitrogen and oxygen atoms in total. The molecule has 3 N–H and O–H groups in total. The summed E-state index contributed by atoms with van der Waals surface area (Å²) in [6.07, 6.45) is 1.44. The van der Waals surface area contributed by atoms with Crippen molar-refractivity contribution in [3.8, 4) is 5.75 Å². The number of hydrogen-bond donors (Lipinski definition) is 2. The lowest BCUT2D eigenvalue weighted by Crippen LogP contribution is -2.10. The van der Waals surface area contributed by atoms with Crippen molar-refractivity contribution in [1.82, 2.24) is 0 Å². The molecule has 0 aromatic heterocycles. The van der Waals surface area contributed by atoms with Gasteiger partial charge in [-0.05, 0) is 12.5 Å². The highest BCUT2D eigenvalue weighted by atomic mass is 35.5. The molecule has 0 spiro atoms. The third-order valence-corrected chi connectivity index (χ3v) is 2.10. The largest absolute Gasteiger partial charge is 0.505 e. The van der Waals surface area contributed by atoms with Crippen molar-refractivity contribution < 1.29 is 13.9 Å². The SMILES string of the molecule is CCC[C@H](N)c1ccc(F)c(F)c1O.Cl. The van der Waals surface area contributed by atoms with Gasteiger partial charge in [0.2, 0.25) is 5.82 Å².